The Hall–Kier alpha value is -2.95. The average Bonchev–Trinajstić information content (AvgIpc) is 3.10. The normalized spacial score (nSPS) is 10.6. The molecule has 0 aliphatic heterocycles. The van der Waals surface area contributed by atoms with Crippen LogP contribution in [0.15, 0.2) is 67.0 Å². The van der Waals surface area contributed by atoms with Crippen molar-refractivity contribution in [2.45, 2.75) is 19.4 Å². The maximum Gasteiger partial charge on any atom is 0.222 e. The molecule has 0 spiro atoms. The molecule has 1 heterocycles. The maximum absolute atomic E-state index is 12.9. The summed E-state index contributed by atoms with van der Waals surface area (Å²) in [4.78, 5) is 14.0. The molecule has 1 aromatic heterocycles. The van der Waals surface area contributed by atoms with E-state index in [1.54, 1.807) is 35.0 Å². The summed E-state index contributed by atoms with van der Waals surface area (Å²) in [6.45, 7) is 0.509. The summed E-state index contributed by atoms with van der Waals surface area (Å²) < 4.78 is 14.7. The highest BCUT2D eigenvalue weighted by atomic mass is 19.1. The Labute approximate surface area is 146 Å². The van der Waals surface area contributed by atoms with Crippen molar-refractivity contribution in [3.05, 3.63) is 83.9 Å². The second-order valence-electron chi connectivity index (χ2n) is 6.00. The van der Waals surface area contributed by atoms with E-state index in [9.17, 15) is 9.18 Å². The lowest BCUT2D eigenvalue weighted by molar-refractivity contribution is -0.130. The van der Waals surface area contributed by atoms with Gasteiger partial charge < -0.3 is 4.90 Å². The molecule has 0 radical (unpaired) electrons. The lowest BCUT2D eigenvalue weighted by atomic mass is 10.1. The summed E-state index contributed by atoms with van der Waals surface area (Å²) in [6, 6.07) is 16.1. The fourth-order valence-corrected chi connectivity index (χ4v) is 2.62. The van der Waals surface area contributed by atoms with E-state index in [0.717, 1.165) is 16.8 Å². The molecule has 5 heteroatoms. The number of para-hydroxylation sites is 1. The first kappa shape index (κ1) is 16.9. The number of aryl methyl sites for hydroxylation is 1. The van der Waals surface area contributed by atoms with Crippen molar-refractivity contribution < 1.29 is 9.18 Å². The fraction of sp³-hybridized carbons (Fsp3) is 0.200. The van der Waals surface area contributed by atoms with Gasteiger partial charge >= 0.3 is 0 Å². The van der Waals surface area contributed by atoms with Crippen LogP contribution in [0.5, 0.6) is 0 Å². The Morgan fingerprint density at radius 2 is 1.80 bits per heavy atom. The highest BCUT2D eigenvalue weighted by molar-refractivity contribution is 5.76. The van der Waals surface area contributed by atoms with Gasteiger partial charge in [-0.2, -0.15) is 5.10 Å². The number of nitrogens with zero attached hydrogens (tertiary/aromatic N) is 3. The summed E-state index contributed by atoms with van der Waals surface area (Å²) in [5.74, 6) is -0.209. The van der Waals surface area contributed by atoms with Crippen LogP contribution in [0.25, 0.3) is 5.69 Å². The van der Waals surface area contributed by atoms with Crippen LogP contribution in [0.2, 0.25) is 0 Å². The van der Waals surface area contributed by atoms with Gasteiger partial charge in [0.25, 0.3) is 0 Å². The predicted octanol–water partition coefficient (Wildman–Crippen LogP) is 3.60. The van der Waals surface area contributed by atoms with Crippen LogP contribution in [0, 0.1) is 5.82 Å². The monoisotopic (exact) mass is 337 g/mol. The zero-order chi connectivity index (χ0) is 17.6. The quantitative estimate of drug-likeness (QED) is 0.689. The van der Waals surface area contributed by atoms with Gasteiger partial charge in [-0.3, -0.25) is 4.79 Å². The van der Waals surface area contributed by atoms with E-state index in [-0.39, 0.29) is 11.7 Å². The van der Waals surface area contributed by atoms with Gasteiger partial charge in [0.1, 0.15) is 5.82 Å². The van der Waals surface area contributed by atoms with Crippen molar-refractivity contribution in [3.63, 3.8) is 0 Å². The fourth-order valence-electron chi connectivity index (χ4n) is 2.62. The smallest absolute Gasteiger partial charge is 0.222 e. The predicted molar refractivity (Wildman–Crippen MR) is 94.8 cm³/mol. The topological polar surface area (TPSA) is 38.1 Å². The van der Waals surface area contributed by atoms with E-state index in [1.165, 1.54) is 12.1 Å². The van der Waals surface area contributed by atoms with E-state index in [2.05, 4.69) is 5.10 Å². The molecule has 0 fully saturated rings. The number of rotatable bonds is 6. The van der Waals surface area contributed by atoms with Gasteiger partial charge in [-0.1, -0.05) is 30.3 Å². The van der Waals surface area contributed by atoms with Crippen molar-refractivity contribution in [1.29, 1.82) is 0 Å². The van der Waals surface area contributed by atoms with Crippen LogP contribution in [0.1, 0.15) is 17.5 Å². The highest BCUT2D eigenvalue weighted by Gasteiger charge is 2.11. The first-order chi connectivity index (χ1) is 12.1. The number of carbonyl (C=O) groups excluding carboxylic acids is 1. The van der Waals surface area contributed by atoms with Crippen LogP contribution >= 0.6 is 0 Å². The lowest BCUT2D eigenvalue weighted by Crippen LogP contribution is -2.26. The number of benzene rings is 2. The molecular weight excluding hydrogens is 317 g/mol. The van der Waals surface area contributed by atoms with Crippen molar-refractivity contribution in [2.24, 2.45) is 0 Å². The Bertz CT molecular complexity index is 828. The standard InChI is InChI=1S/C20H20FN3O/c1-23(20(25)12-9-16-7-10-18(21)11-8-16)14-17-13-22-24(15-17)19-5-3-2-4-6-19/h2-8,10-11,13,15H,9,12,14H2,1H3. The maximum atomic E-state index is 12.9. The summed E-state index contributed by atoms with van der Waals surface area (Å²) in [5, 5.41) is 4.34. The number of amides is 1. The summed E-state index contributed by atoms with van der Waals surface area (Å²) in [7, 11) is 1.78. The SMILES string of the molecule is CN(Cc1cnn(-c2ccccc2)c1)C(=O)CCc1ccc(F)cc1. The Kier molecular flexibility index (Phi) is 5.23. The van der Waals surface area contributed by atoms with E-state index in [0.29, 0.717) is 19.4 Å². The summed E-state index contributed by atoms with van der Waals surface area (Å²) >= 11 is 0. The Morgan fingerprint density at radius 3 is 2.52 bits per heavy atom. The first-order valence-corrected chi connectivity index (χ1v) is 8.19. The molecule has 3 rings (SSSR count). The first-order valence-electron chi connectivity index (χ1n) is 8.19. The Balaban J connectivity index is 1.54. The van der Waals surface area contributed by atoms with Crippen LogP contribution in [-0.4, -0.2) is 27.6 Å². The van der Waals surface area contributed by atoms with Crippen LogP contribution < -0.4 is 0 Å². The third-order valence-corrected chi connectivity index (χ3v) is 4.04. The number of aromatic nitrogens is 2. The van der Waals surface area contributed by atoms with Crippen LogP contribution in [0.4, 0.5) is 4.39 Å². The molecule has 0 aliphatic carbocycles. The van der Waals surface area contributed by atoms with Gasteiger partial charge in [0, 0.05) is 31.8 Å². The zero-order valence-electron chi connectivity index (χ0n) is 14.1. The number of halogens is 1. The van der Waals surface area contributed by atoms with Gasteiger partial charge in [-0.05, 0) is 36.2 Å². The van der Waals surface area contributed by atoms with Gasteiger partial charge in [0.05, 0.1) is 11.9 Å². The van der Waals surface area contributed by atoms with Crippen LogP contribution in [0.3, 0.4) is 0 Å². The van der Waals surface area contributed by atoms with Gasteiger partial charge in [-0.25, -0.2) is 9.07 Å². The molecule has 0 atom stereocenters. The molecule has 128 valence electrons. The lowest BCUT2D eigenvalue weighted by Gasteiger charge is -2.16. The molecule has 25 heavy (non-hydrogen) atoms. The molecule has 1 amide bonds. The van der Waals surface area contributed by atoms with Crippen molar-refractivity contribution in [1.82, 2.24) is 14.7 Å². The van der Waals surface area contributed by atoms with E-state index in [1.807, 2.05) is 36.5 Å². The molecule has 3 aromatic rings. The number of hydrogen-bond acceptors (Lipinski definition) is 2. The molecular formula is C20H20FN3O. The molecule has 0 N–H and O–H groups in total. The Morgan fingerprint density at radius 1 is 1.08 bits per heavy atom. The molecule has 0 unspecified atom stereocenters. The minimum absolute atomic E-state index is 0.0526. The minimum atomic E-state index is -0.261. The van der Waals surface area contributed by atoms with Crippen molar-refractivity contribution in [2.75, 3.05) is 7.05 Å². The molecule has 0 aliphatic rings. The third-order valence-electron chi connectivity index (χ3n) is 4.04. The second-order valence-corrected chi connectivity index (χ2v) is 6.00. The molecule has 0 saturated carbocycles. The van der Waals surface area contributed by atoms with Gasteiger partial charge in [0.2, 0.25) is 5.91 Å². The molecule has 2 aromatic carbocycles. The molecule has 4 nitrogen and oxygen atoms in total. The van der Waals surface area contributed by atoms with E-state index < -0.39 is 0 Å². The summed E-state index contributed by atoms with van der Waals surface area (Å²) in [6.07, 6.45) is 4.71. The van der Waals surface area contributed by atoms with Crippen molar-refractivity contribution >= 4 is 5.91 Å². The third kappa shape index (κ3) is 4.53. The zero-order valence-corrected chi connectivity index (χ0v) is 14.1. The van der Waals surface area contributed by atoms with Crippen molar-refractivity contribution in [3.8, 4) is 5.69 Å². The van der Waals surface area contributed by atoms with Gasteiger partial charge in [0.15, 0.2) is 0 Å². The largest absolute Gasteiger partial charge is 0.341 e. The van der Waals surface area contributed by atoms with E-state index in [4.69, 9.17) is 0 Å². The van der Waals surface area contributed by atoms with Crippen LogP contribution in [-0.2, 0) is 17.8 Å². The second kappa shape index (κ2) is 7.75. The number of carbonyl (C=O) groups is 1. The van der Waals surface area contributed by atoms with Gasteiger partial charge in [-0.15, -0.1) is 0 Å². The molecule has 0 saturated heterocycles. The number of hydrogen-bond donors (Lipinski definition) is 0. The van der Waals surface area contributed by atoms with E-state index >= 15 is 0 Å². The highest BCUT2D eigenvalue weighted by Crippen LogP contribution is 2.11. The minimum Gasteiger partial charge on any atom is -0.341 e. The average molecular weight is 337 g/mol. The molecule has 0 bridgehead atoms. The summed E-state index contributed by atoms with van der Waals surface area (Å²) in [5.41, 5.74) is 2.92.